The number of aryl methyl sites for hydroxylation is 1. The quantitative estimate of drug-likeness (QED) is 0.784. The van der Waals surface area contributed by atoms with E-state index in [1.165, 1.54) is 4.88 Å². The molecule has 18 heavy (non-hydrogen) atoms. The van der Waals surface area contributed by atoms with Crippen LogP contribution in [0.2, 0.25) is 5.02 Å². The Bertz CT molecular complexity index is 599. The number of hydrogen-bond donors (Lipinski definition) is 1. The van der Waals surface area contributed by atoms with Crippen molar-refractivity contribution in [3.05, 3.63) is 43.5 Å². The van der Waals surface area contributed by atoms with E-state index >= 15 is 0 Å². The van der Waals surface area contributed by atoms with Crippen LogP contribution in [0.5, 0.6) is 5.75 Å². The number of benzene rings is 1. The van der Waals surface area contributed by atoms with E-state index in [0.717, 1.165) is 32.4 Å². The number of thiophene rings is 1. The Morgan fingerprint density at radius 3 is 3.00 bits per heavy atom. The maximum Gasteiger partial charge on any atom is 0.150 e. The predicted octanol–water partition coefficient (Wildman–Crippen LogP) is 5.02. The van der Waals surface area contributed by atoms with Crippen LogP contribution in [-0.4, -0.2) is 6.54 Å². The van der Waals surface area contributed by atoms with E-state index in [9.17, 15) is 0 Å². The van der Waals surface area contributed by atoms with Gasteiger partial charge in [-0.2, -0.15) is 0 Å². The molecule has 0 amide bonds. The first kappa shape index (κ1) is 12.3. The summed E-state index contributed by atoms with van der Waals surface area (Å²) in [6.45, 7) is 2.78. The first-order valence-corrected chi connectivity index (χ1v) is 7.58. The highest BCUT2D eigenvalue weighted by atomic mass is 79.9. The minimum absolute atomic E-state index is 0.0636. The lowest BCUT2D eigenvalue weighted by atomic mass is 10.1. The molecule has 3 rings (SSSR count). The Balaban J connectivity index is 1.93. The van der Waals surface area contributed by atoms with Crippen molar-refractivity contribution in [1.82, 2.24) is 0 Å². The van der Waals surface area contributed by atoms with Gasteiger partial charge in [0, 0.05) is 9.90 Å². The molecule has 1 aliphatic heterocycles. The second kappa shape index (κ2) is 4.76. The molecular weight excluding hydrogens is 334 g/mol. The van der Waals surface area contributed by atoms with E-state index in [1.807, 2.05) is 25.1 Å². The van der Waals surface area contributed by atoms with Crippen molar-refractivity contribution in [2.75, 3.05) is 11.9 Å². The van der Waals surface area contributed by atoms with Gasteiger partial charge in [-0.1, -0.05) is 11.6 Å². The fourth-order valence-electron chi connectivity index (χ4n) is 2.06. The number of hydrogen-bond acceptors (Lipinski definition) is 3. The molecule has 0 fully saturated rings. The van der Waals surface area contributed by atoms with Crippen molar-refractivity contribution in [3.8, 4) is 5.75 Å². The zero-order valence-corrected chi connectivity index (χ0v) is 12.8. The summed E-state index contributed by atoms with van der Waals surface area (Å²) < 4.78 is 7.21. The van der Waals surface area contributed by atoms with Gasteiger partial charge in [0.2, 0.25) is 0 Å². The van der Waals surface area contributed by atoms with Crippen molar-refractivity contribution < 1.29 is 4.74 Å². The first-order chi connectivity index (χ1) is 8.63. The van der Waals surface area contributed by atoms with E-state index in [0.29, 0.717) is 0 Å². The van der Waals surface area contributed by atoms with E-state index in [1.54, 1.807) is 11.3 Å². The third kappa shape index (κ3) is 2.25. The third-order valence-electron chi connectivity index (χ3n) is 2.89. The molecule has 0 saturated heterocycles. The molecule has 1 N–H and O–H groups in total. The van der Waals surface area contributed by atoms with Crippen LogP contribution < -0.4 is 10.1 Å². The van der Waals surface area contributed by atoms with Crippen molar-refractivity contribution in [1.29, 1.82) is 0 Å². The molecule has 0 saturated carbocycles. The third-order valence-corrected chi connectivity index (χ3v) is 4.82. The molecule has 0 bridgehead atoms. The van der Waals surface area contributed by atoms with E-state index in [4.69, 9.17) is 16.3 Å². The number of rotatable bonds is 1. The number of ether oxygens (including phenoxy) is 1. The van der Waals surface area contributed by atoms with Crippen LogP contribution in [0.25, 0.3) is 0 Å². The molecule has 1 unspecified atom stereocenters. The van der Waals surface area contributed by atoms with Gasteiger partial charge in [-0.25, -0.2) is 0 Å². The molecule has 1 aromatic heterocycles. The van der Waals surface area contributed by atoms with Crippen LogP contribution in [0.15, 0.2) is 28.1 Å². The highest BCUT2D eigenvalue weighted by molar-refractivity contribution is 9.11. The zero-order chi connectivity index (χ0) is 12.7. The second-order valence-electron chi connectivity index (χ2n) is 4.23. The topological polar surface area (TPSA) is 21.3 Å². The molecule has 94 valence electrons. The highest BCUT2D eigenvalue weighted by Gasteiger charge is 2.23. The summed E-state index contributed by atoms with van der Waals surface area (Å²) >= 11 is 11.2. The monoisotopic (exact) mass is 343 g/mol. The van der Waals surface area contributed by atoms with E-state index in [2.05, 4.69) is 27.3 Å². The molecule has 0 aliphatic carbocycles. The SMILES string of the molecule is Cc1cc(Cl)cc2c1OC(c1ccc(Br)s1)CN2. The first-order valence-electron chi connectivity index (χ1n) is 5.59. The fraction of sp³-hybridized carbons (Fsp3) is 0.231. The van der Waals surface area contributed by atoms with Crippen LogP contribution in [0.3, 0.4) is 0 Å². The van der Waals surface area contributed by atoms with Gasteiger partial charge in [0.05, 0.1) is 16.0 Å². The van der Waals surface area contributed by atoms with Crippen LogP contribution >= 0.6 is 38.9 Å². The predicted molar refractivity (Wildman–Crippen MR) is 80.1 cm³/mol. The van der Waals surface area contributed by atoms with Gasteiger partial charge in [0.25, 0.3) is 0 Å². The molecule has 5 heteroatoms. The van der Waals surface area contributed by atoms with Crippen molar-refractivity contribution >= 4 is 44.6 Å². The normalized spacial score (nSPS) is 17.8. The van der Waals surface area contributed by atoms with Crippen molar-refractivity contribution in [3.63, 3.8) is 0 Å². The van der Waals surface area contributed by atoms with Crippen LogP contribution in [-0.2, 0) is 0 Å². The summed E-state index contributed by atoms with van der Waals surface area (Å²) in [5.41, 5.74) is 2.04. The maximum atomic E-state index is 6.09. The number of nitrogens with one attached hydrogen (secondary N) is 1. The molecule has 2 aromatic rings. The Morgan fingerprint density at radius 1 is 1.44 bits per heavy atom. The van der Waals surface area contributed by atoms with Crippen LogP contribution in [0, 0.1) is 6.92 Å². The lowest BCUT2D eigenvalue weighted by Gasteiger charge is -2.28. The summed E-state index contributed by atoms with van der Waals surface area (Å²) in [7, 11) is 0. The van der Waals surface area contributed by atoms with Crippen molar-refractivity contribution in [2.24, 2.45) is 0 Å². The summed E-state index contributed by atoms with van der Waals surface area (Å²) in [4.78, 5) is 1.22. The molecule has 0 radical (unpaired) electrons. The minimum atomic E-state index is 0.0636. The zero-order valence-electron chi connectivity index (χ0n) is 9.67. The minimum Gasteiger partial charge on any atom is -0.481 e. The van der Waals surface area contributed by atoms with Crippen LogP contribution in [0.1, 0.15) is 16.5 Å². The molecule has 1 aliphatic rings. The van der Waals surface area contributed by atoms with Gasteiger partial charge in [0.1, 0.15) is 5.75 Å². The standard InChI is InChI=1S/C13H11BrClNOS/c1-7-4-8(15)5-9-13(7)17-10(6-16-9)11-2-3-12(14)18-11/h2-5,10,16H,6H2,1H3. The molecular formula is C13H11BrClNOS. The Hall–Kier alpha value is -0.710. The summed E-state index contributed by atoms with van der Waals surface area (Å²) in [6, 6.07) is 7.98. The molecule has 1 atom stereocenters. The van der Waals surface area contributed by atoms with Gasteiger partial charge in [-0.15, -0.1) is 11.3 Å². The van der Waals surface area contributed by atoms with Gasteiger partial charge >= 0.3 is 0 Å². The van der Waals surface area contributed by atoms with Crippen molar-refractivity contribution in [2.45, 2.75) is 13.0 Å². The smallest absolute Gasteiger partial charge is 0.150 e. The summed E-state index contributed by atoms with van der Waals surface area (Å²) in [6.07, 6.45) is 0.0636. The molecule has 1 aromatic carbocycles. The maximum absolute atomic E-state index is 6.09. The summed E-state index contributed by atoms with van der Waals surface area (Å²) in [5, 5.41) is 4.12. The Labute approximate surface area is 123 Å². The highest BCUT2D eigenvalue weighted by Crippen LogP contribution is 2.40. The number of fused-ring (bicyclic) bond motifs is 1. The van der Waals surface area contributed by atoms with Gasteiger partial charge in [-0.05, 0) is 52.7 Å². The fourth-order valence-corrected chi connectivity index (χ4v) is 3.79. The molecule has 2 nitrogen and oxygen atoms in total. The van der Waals surface area contributed by atoms with Gasteiger partial charge < -0.3 is 10.1 Å². The van der Waals surface area contributed by atoms with E-state index < -0.39 is 0 Å². The number of halogens is 2. The molecule has 0 spiro atoms. The van der Waals surface area contributed by atoms with Crippen LogP contribution in [0.4, 0.5) is 5.69 Å². The van der Waals surface area contributed by atoms with Gasteiger partial charge in [0.15, 0.2) is 6.10 Å². The second-order valence-corrected chi connectivity index (χ2v) is 7.16. The Morgan fingerprint density at radius 2 is 2.28 bits per heavy atom. The Kier molecular flexibility index (Phi) is 3.26. The largest absolute Gasteiger partial charge is 0.481 e. The summed E-state index contributed by atoms with van der Waals surface area (Å²) in [5.74, 6) is 0.903. The van der Waals surface area contributed by atoms with Gasteiger partial charge in [-0.3, -0.25) is 0 Å². The lowest BCUT2D eigenvalue weighted by Crippen LogP contribution is -2.23. The average molecular weight is 345 g/mol. The number of anilines is 1. The average Bonchev–Trinajstić information content (AvgIpc) is 2.75. The molecule has 2 heterocycles. The van der Waals surface area contributed by atoms with E-state index in [-0.39, 0.29) is 6.10 Å². The lowest BCUT2D eigenvalue weighted by molar-refractivity contribution is 0.213.